The maximum absolute atomic E-state index is 13.6. The van der Waals surface area contributed by atoms with Gasteiger partial charge in [-0.05, 0) is 43.8 Å². The number of non-ortho nitro benzene ring substituents is 1. The van der Waals surface area contributed by atoms with Crippen molar-refractivity contribution < 1.29 is 28.7 Å². The van der Waals surface area contributed by atoms with Gasteiger partial charge in [-0.25, -0.2) is 0 Å². The number of ether oxygens (including phenoxy) is 4. The van der Waals surface area contributed by atoms with Crippen LogP contribution in [0.15, 0.2) is 65.6 Å². The van der Waals surface area contributed by atoms with E-state index in [0.717, 1.165) is 28.6 Å². The van der Waals surface area contributed by atoms with Gasteiger partial charge in [-0.3, -0.25) is 14.9 Å². The molecule has 0 aromatic heterocycles. The second-order valence-electron chi connectivity index (χ2n) is 9.59. The van der Waals surface area contributed by atoms with Crippen molar-refractivity contribution in [2.24, 2.45) is 5.73 Å². The number of nitrogens with two attached hydrogens (primary N) is 1. The number of nitro groups is 1. The van der Waals surface area contributed by atoms with E-state index in [2.05, 4.69) is 4.90 Å². The quantitative estimate of drug-likeness (QED) is 0.178. The summed E-state index contributed by atoms with van der Waals surface area (Å²) in [6.45, 7) is 3.22. The summed E-state index contributed by atoms with van der Waals surface area (Å²) in [5, 5.41) is 10.9. The molecule has 0 spiro atoms. The Balaban J connectivity index is 1.19. The lowest BCUT2D eigenvalue weighted by molar-refractivity contribution is -0.384. The van der Waals surface area contributed by atoms with E-state index in [1.807, 2.05) is 49.5 Å². The number of nitrogens with zero attached hydrogens (tertiary/aromatic N) is 3. The van der Waals surface area contributed by atoms with Crippen LogP contribution in [0.1, 0.15) is 17.2 Å². The second kappa shape index (κ2) is 13.1. The number of likely N-dealkylation sites (N-methyl/N-ethyl adjacent to an activating group) is 1. The number of hydrogen-bond donors (Lipinski definition) is 1. The SMILES string of the molecule is CN(CCCOc1ccc([N+](=O)[O-])cc1C1Sc2ccccc2N(CCN)C1=O)CCOc1ccc2c(c1)OCO2. The highest BCUT2D eigenvalue weighted by Crippen LogP contribution is 2.49. The van der Waals surface area contributed by atoms with E-state index in [9.17, 15) is 14.9 Å². The number of anilines is 1. The highest BCUT2D eigenvalue weighted by Gasteiger charge is 2.36. The van der Waals surface area contributed by atoms with Gasteiger partial charge in [-0.2, -0.15) is 0 Å². The van der Waals surface area contributed by atoms with Gasteiger partial charge in [-0.1, -0.05) is 12.1 Å². The summed E-state index contributed by atoms with van der Waals surface area (Å²) in [5.41, 5.74) is 6.99. The second-order valence-corrected chi connectivity index (χ2v) is 10.7. The predicted molar refractivity (Wildman–Crippen MR) is 155 cm³/mol. The summed E-state index contributed by atoms with van der Waals surface area (Å²) in [6, 6.07) is 17.5. The Bertz CT molecular complexity index is 1410. The lowest BCUT2D eigenvalue weighted by atomic mass is 10.1. The van der Waals surface area contributed by atoms with Crippen LogP contribution in [-0.2, 0) is 4.79 Å². The fourth-order valence-electron chi connectivity index (χ4n) is 4.67. The molecule has 2 N–H and O–H groups in total. The molecule has 11 nitrogen and oxygen atoms in total. The molecule has 1 unspecified atom stereocenters. The number of thioether (sulfide) groups is 1. The summed E-state index contributed by atoms with van der Waals surface area (Å²) in [4.78, 5) is 29.4. The Kier molecular flexibility index (Phi) is 9.12. The molecular weight excluding hydrogens is 548 g/mol. The molecular formula is C29H32N4O7S. The number of carbonyl (C=O) groups excluding carboxylic acids is 1. The van der Waals surface area contributed by atoms with Crippen LogP contribution in [0.2, 0.25) is 0 Å². The van der Waals surface area contributed by atoms with Gasteiger partial charge in [0.2, 0.25) is 12.7 Å². The molecule has 2 aliphatic rings. The van der Waals surface area contributed by atoms with Crippen LogP contribution in [0.3, 0.4) is 0 Å². The Labute approximate surface area is 242 Å². The molecule has 1 atom stereocenters. The van der Waals surface area contributed by atoms with Crippen molar-refractivity contribution in [3.8, 4) is 23.0 Å². The van der Waals surface area contributed by atoms with E-state index in [-0.39, 0.29) is 18.4 Å². The van der Waals surface area contributed by atoms with E-state index >= 15 is 0 Å². The Morgan fingerprint density at radius 2 is 1.90 bits per heavy atom. The molecule has 0 bridgehead atoms. The molecule has 0 aliphatic carbocycles. The summed E-state index contributed by atoms with van der Waals surface area (Å²) in [6.07, 6.45) is 0.713. The standard InChI is InChI=1S/C29H32N4O7S/c1-31(14-16-37-21-8-10-25-26(18-21)40-19-39-25)12-4-15-38-24-9-7-20(33(35)36)17-22(24)28-29(34)32(13-11-30)23-5-2-3-6-27(23)41-28/h2-3,5-10,17-18,28H,4,11-16,19,30H2,1H3. The molecule has 0 radical (unpaired) electrons. The van der Waals surface area contributed by atoms with Gasteiger partial charge in [0.15, 0.2) is 11.5 Å². The van der Waals surface area contributed by atoms with Crippen LogP contribution in [0.5, 0.6) is 23.0 Å². The van der Waals surface area contributed by atoms with Crippen molar-refractivity contribution in [1.29, 1.82) is 0 Å². The molecule has 41 heavy (non-hydrogen) atoms. The minimum Gasteiger partial charge on any atom is -0.493 e. The fourth-order valence-corrected chi connectivity index (χ4v) is 5.92. The van der Waals surface area contributed by atoms with E-state index in [4.69, 9.17) is 24.7 Å². The van der Waals surface area contributed by atoms with Crippen molar-refractivity contribution >= 4 is 29.0 Å². The Morgan fingerprint density at radius 3 is 2.73 bits per heavy atom. The van der Waals surface area contributed by atoms with E-state index < -0.39 is 10.2 Å². The van der Waals surface area contributed by atoms with Crippen LogP contribution in [-0.4, -0.2) is 69.0 Å². The average Bonchev–Trinajstić information content (AvgIpc) is 3.45. The zero-order chi connectivity index (χ0) is 28.8. The first kappa shape index (κ1) is 28.5. The van der Waals surface area contributed by atoms with Gasteiger partial charge in [0.05, 0.1) is 17.2 Å². The molecule has 0 saturated heterocycles. The summed E-state index contributed by atoms with van der Waals surface area (Å²) in [5.74, 6) is 2.41. The Hall–Kier alpha value is -4.00. The number of carbonyl (C=O) groups is 1. The molecule has 2 heterocycles. The van der Waals surface area contributed by atoms with E-state index in [1.165, 1.54) is 23.9 Å². The molecule has 1 amide bonds. The number of rotatable bonds is 13. The van der Waals surface area contributed by atoms with Crippen LogP contribution in [0.4, 0.5) is 11.4 Å². The number of hydrogen-bond acceptors (Lipinski definition) is 10. The number of fused-ring (bicyclic) bond motifs is 2. The normalized spacial score (nSPS) is 15.6. The largest absolute Gasteiger partial charge is 0.493 e. The molecule has 216 valence electrons. The molecule has 3 aromatic rings. The molecule has 3 aromatic carbocycles. The van der Waals surface area contributed by atoms with Crippen LogP contribution < -0.4 is 29.6 Å². The predicted octanol–water partition coefficient (Wildman–Crippen LogP) is 4.24. The first-order valence-electron chi connectivity index (χ1n) is 13.3. The lowest BCUT2D eigenvalue weighted by Crippen LogP contribution is -2.40. The summed E-state index contributed by atoms with van der Waals surface area (Å²) in [7, 11) is 2.00. The smallest absolute Gasteiger partial charge is 0.270 e. The van der Waals surface area contributed by atoms with Crippen molar-refractivity contribution in [3.63, 3.8) is 0 Å². The van der Waals surface area contributed by atoms with Crippen molar-refractivity contribution in [1.82, 2.24) is 4.90 Å². The fraction of sp³-hybridized carbons (Fsp3) is 0.345. The average molecular weight is 581 g/mol. The highest BCUT2D eigenvalue weighted by atomic mass is 32.2. The molecule has 0 fully saturated rings. The van der Waals surface area contributed by atoms with Crippen molar-refractivity contribution in [2.45, 2.75) is 16.6 Å². The zero-order valence-corrected chi connectivity index (χ0v) is 23.5. The lowest BCUT2D eigenvalue weighted by Gasteiger charge is -2.34. The maximum atomic E-state index is 13.6. The molecule has 12 heteroatoms. The summed E-state index contributed by atoms with van der Waals surface area (Å²) >= 11 is 1.37. The van der Waals surface area contributed by atoms with Crippen LogP contribution >= 0.6 is 11.8 Å². The third-order valence-electron chi connectivity index (χ3n) is 6.76. The number of amides is 1. The summed E-state index contributed by atoms with van der Waals surface area (Å²) < 4.78 is 22.7. The van der Waals surface area contributed by atoms with Gasteiger partial charge < -0.3 is 34.5 Å². The minimum atomic E-state index is -0.692. The molecule has 5 rings (SSSR count). The number of nitro benzene ring substituents is 1. The minimum absolute atomic E-state index is 0.0906. The van der Waals surface area contributed by atoms with Crippen LogP contribution in [0.25, 0.3) is 0 Å². The van der Waals surface area contributed by atoms with Gasteiger partial charge in [0, 0.05) is 54.8 Å². The highest BCUT2D eigenvalue weighted by molar-refractivity contribution is 8.00. The van der Waals surface area contributed by atoms with E-state index in [0.29, 0.717) is 56.3 Å². The van der Waals surface area contributed by atoms with Gasteiger partial charge in [0.25, 0.3) is 5.69 Å². The van der Waals surface area contributed by atoms with E-state index in [1.54, 1.807) is 11.0 Å². The molecule has 0 saturated carbocycles. The number of para-hydroxylation sites is 1. The maximum Gasteiger partial charge on any atom is 0.270 e. The van der Waals surface area contributed by atoms with Gasteiger partial charge in [-0.15, -0.1) is 11.8 Å². The zero-order valence-electron chi connectivity index (χ0n) is 22.7. The molecule has 2 aliphatic heterocycles. The topological polar surface area (TPSA) is 130 Å². The first-order valence-corrected chi connectivity index (χ1v) is 14.2. The van der Waals surface area contributed by atoms with Gasteiger partial charge >= 0.3 is 0 Å². The van der Waals surface area contributed by atoms with Crippen molar-refractivity contribution in [2.75, 3.05) is 58.1 Å². The van der Waals surface area contributed by atoms with Gasteiger partial charge in [0.1, 0.15) is 23.4 Å². The number of benzene rings is 3. The Morgan fingerprint density at radius 1 is 1.07 bits per heavy atom. The van der Waals surface area contributed by atoms with Crippen LogP contribution in [0, 0.1) is 10.1 Å². The first-order chi connectivity index (χ1) is 19.9. The monoisotopic (exact) mass is 580 g/mol. The van der Waals surface area contributed by atoms with Crippen molar-refractivity contribution in [3.05, 3.63) is 76.3 Å². The third kappa shape index (κ3) is 6.67. The third-order valence-corrected chi connectivity index (χ3v) is 8.05.